The van der Waals surface area contributed by atoms with Gasteiger partial charge in [-0.15, -0.1) is 0 Å². The number of urea groups is 1. The molecular weight excluding hydrogens is 391 g/mol. The first-order valence-corrected chi connectivity index (χ1v) is 8.98. The van der Waals surface area contributed by atoms with E-state index in [0.29, 0.717) is 25.2 Å². The van der Waals surface area contributed by atoms with Gasteiger partial charge in [0.15, 0.2) is 0 Å². The molecule has 2 aromatic heterocycles. The zero-order chi connectivity index (χ0) is 21.4. The van der Waals surface area contributed by atoms with Crippen LogP contribution in [0.3, 0.4) is 0 Å². The molecule has 1 N–H and O–H groups in total. The zero-order valence-corrected chi connectivity index (χ0v) is 16.3. The summed E-state index contributed by atoms with van der Waals surface area (Å²) in [4.78, 5) is 18.1. The minimum atomic E-state index is -4.47. The number of aliphatic hydroxyl groups is 1. The first-order chi connectivity index (χ1) is 13.5. The van der Waals surface area contributed by atoms with Crippen LogP contribution in [-0.4, -0.2) is 53.0 Å². The Labute approximate surface area is 165 Å². The third-order valence-electron chi connectivity index (χ3n) is 4.80. The molecule has 1 saturated heterocycles. The summed E-state index contributed by atoms with van der Waals surface area (Å²) in [6.07, 6.45) is -3.08. The van der Waals surface area contributed by atoms with Gasteiger partial charge in [-0.1, -0.05) is 19.0 Å². The quantitative estimate of drug-likeness (QED) is 0.829. The topological polar surface area (TPSA) is 85.9 Å². The second-order valence-corrected chi connectivity index (χ2v) is 7.44. The number of carbonyl (C=O) groups is 1. The molecular formula is C18H22F3N5O3. The summed E-state index contributed by atoms with van der Waals surface area (Å²) in [5.41, 5.74) is -0.983. The number of aromatic nitrogens is 2. The molecule has 158 valence electrons. The lowest BCUT2D eigenvalue weighted by Gasteiger charge is -2.31. The summed E-state index contributed by atoms with van der Waals surface area (Å²) >= 11 is 0. The predicted octanol–water partition coefficient (Wildman–Crippen LogP) is 3.04. The monoisotopic (exact) mass is 413 g/mol. The van der Waals surface area contributed by atoms with Gasteiger partial charge in [0, 0.05) is 37.8 Å². The number of carbonyl (C=O) groups excluding carboxylic acids is 1. The van der Waals surface area contributed by atoms with E-state index in [0.717, 1.165) is 12.3 Å². The van der Waals surface area contributed by atoms with Crippen LogP contribution in [0.15, 0.2) is 28.9 Å². The van der Waals surface area contributed by atoms with Crippen molar-refractivity contribution in [2.24, 2.45) is 0 Å². The lowest BCUT2D eigenvalue weighted by molar-refractivity contribution is -0.137. The van der Waals surface area contributed by atoms with Crippen molar-refractivity contribution in [3.63, 3.8) is 0 Å². The Bertz CT molecular complexity index is 866. The molecule has 0 bridgehead atoms. The molecule has 0 unspecified atom stereocenters. The molecule has 0 spiro atoms. The van der Waals surface area contributed by atoms with Crippen molar-refractivity contribution in [2.75, 3.05) is 36.7 Å². The van der Waals surface area contributed by atoms with E-state index < -0.39 is 23.2 Å². The van der Waals surface area contributed by atoms with Crippen LogP contribution in [-0.2, 0) is 11.6 Å². The molecule has 1 fully saturated rings. The largest absolute Gasteiger partial charge is 0.417 e. The maximum Gasteiger partial charge on any atom is 0.417 e. The molecule has 0 aliphatic carbocycles. The van der Waals surface area contributed by atoms with Crippen molar-refractivity contribution < 1.29 is 27.6 Å². The van der Waals surface area contributed by atoms with E-state index in [1.54, 1.807) is 19.9 Å². The van der Waals surface area contributed by atoms with Crippen molar-refractivity contribution in [3.05, 3.63) is 35.7 Å². The van der Waals surface area contributed by atoms with Gasteiger partial charge in [0.2, 0.25) is 5.88 Å². The van der Waals surface area contributed by atoms with Crippen LogP contribution < -0.4 is 9.91 Å². The number of anilines is 2. The molecule has 3 rings (SSSR count). The summed E-state index contributed by atoms with van der Waals surface area (Å²) in [5.74, 6) is 0.440. The van der Waals surface area contributed by atoms with E-state index in [1.165, 1.54) is 28.0 Å². The standard InChI is InChI=1S/C18H22F3N5O3/c1-17(2,11-27)13-9-15(29-23-13)24(3)16(28)26-8-4-7-25(26)14-6-5-12(10-22-14)18(19,20)21/h5-6,9-10,27H,4,7-8,11H2,1-3H3. The fourth-order valence-electron chi connectivity index (χ4n) is 2.85. The smallest absolute Gasteiger partial charge is 0.395 e. The fraction of sp³-hybridized carbons (Fsp3) is 0.500. The Morgan fingerprint density at radius 3 is 2.62 bits per heavy atom. The van der Waals surface area contributed by atoms with Crippen LogP contribution in [0.4, 0.5) is 29.7 Å². The van der Waals surface area contributed by atoms with Gasteiger partial charge in [-0.25, -0.2) is 14.8 Å². The van der Waals surface area contributed by atoms with Crippen molar-refractivity contribution in [1.29, 1.82) is 0 Å². The number of halogens is 3. The highest BCUT2D eigenvalue weighted by molar-refractivity contribution is 5.91. The molecule has 11 heteroatoms. The Kier molecular flexibility index (Phi) is 5.44. The van der Waals surface area contributed by atoms with Crippen molar-refractivity contribution >= 4 is 17.7 Å². The van der Waals surface area contributed by atoms with Crippen LogP contribution >= 0.6 is 0 Å². The molecule has 1 aliphatic heterocycles. The minimum absolute atomic E-state index is 0.143. The van der Waals surface area contributed by atoms with Gasteiger partial charge in [0.05, 0.1) is 17.9 Å². The Hall–Kier alpha value is -2.82. The van der Waals surface area contributed by atoms with E-state index >= 15 is 0 Å². The summed E-state index contributed by atoms with van der Waals surface area (Å²) in [5, 5.41) is 16.3. The van der Waals surface area contributed by atoms with Crippen LogP contribution in [0.5, 0.6) is 0 Å². The second-order valence-electron chi connectivity index (χ2n) is 7.44. The van der Waals surface area contributed by atoms with Crippen molar-refractivity contribution in [1.82, 2.24) is 15.1 Å². The number of nitrogens with zero attached hydrogens (tertiary/aromatic N) is 5. The highest BCUT2D eigenvalue weighted by atomic mass is 19.4. The number of hydrogen-bond acceptors (Lipinski definition) is 6. The third-order valence-corrected chi connectivity index (χ3v) is 4.80. The van der Waals surface area contributed by atoms with E-state index in [-0.39, 0.29) is 18.3 Å². The normalized spacial score (nSPS) is 15.1. The maximum atomic E-state index is 12.9. The molecule has 0 radical (unpaired) electrons. The SMILES string of the molecule is CN(C(=O)N1CCCN1c1ccc(C(F)(F)F)cn1)c1cc(C(C)(C)CO)no1. The first-order valence-electron chi connectivity index (χ1n) is 8.98. The maximum absolute atomic E-state index is 12.9. The summed E-state index contributed by atoms with van der Waals surface area (Å²) in [6, 6.07) is 3.32. The number of hydrazine groups is 1. The van der Waals surface area contributed by atoms with Gasteiger partial charge in [-0.05, 0) is 18.6 Å². The van der Waals surface area contributed by atoms with Gasteiger partial charge in [-0.3, -0.25) is 9.91 Å². The van der Waals surface area contributed by atoms with E-state index in [1.807, 2.05) is 0 Å². The van der Waals surface area contributed by atoms with Crippen molar-refractivity contribution in [3.8, 4) is 0 Å². The van der Waals surface area contributed by atoms with E-state index in [9.17, 15) is 23.1 Å². The molecule has 1 aliphatic rings. The Morgan fingerprint density at radius 2 is 2.03 bits per heavy atom. The molecule has 2 amide bonds. The number of aliphatic hydroxyl groups excluding tert-OH is 1. The Morgan fingerprint density at radius 1 is 1.31 bits per heavy atom. The lowest BCUT2D eigenvalue weighted by atomic mass is 9.91. The van der Waals surface area contributed by atoms with Crippen LogP contribution in [0.25, 0.3) is 0 Å². The van der Waals surface area contributed by atoms with Gasteiger partial charge >= 0.3 is 12.2 Å². The summed E-state index contributed by atoms with van der Waals surface area (Å²) in [7, 11) is 1.51. The van der Waals surface area contributed by atoms with Crippen LogP contribution in [0.2, 0.25) is 0 Å². The minimum Gasteiger partial charge on any atom is -0.395 e. The lowest BCUT2D eigenvalue weighted by Crippen LogP contribution is -2.48. The fourth-order valence-corrected chi connectivity index (χ4v) is 2.85. The second kappa shape index (κ2) is 7.54. The van der Waals surface area contributed by atoms with Gasteiger partial charge in [0.1, 0.15) is 5.82 Å². The van der Waals surface area contributed by atoms with Crippen LogP contribution in [0, 0.1) is 0 Å². The third kappa shape index (κ3) is 4.14. The number of hydrogen-bond donors (Lipinski definition) is 1. The molecule has 0 aromatic carbocycles. The molecule has 29 heavy (non-hydrogen) atoms. The average molecular weight is 413 g/mol. The molecule has 0 atom stereocenters. The van der Waals surface area contributed by atoms with Gasteiger partial charge < -0.3 is 9.63 Å². The first kappa shape index (κ1) is 20.9. The molecule has 3 heterocycles. The van der Waals surface area contributed by atoms with Gasteiger partial charge in [-0.2, -0.15) is 13.2 Å². The molecule has 0 saturated carbocycles. The molecule has 8 nitrogen and oxygen atoms in total. The number of alkyl halides is 3. The summed E-state index contributed by atoms with van der Waals surface area (Å²) < 4.78 is 43.5. The average Bonchev–Trinajstić information content (AvgIpc) is 3.36. The van der Waals surface area contributed by atoms with Crippen molar-refractivity contribution in [2.45, 2.75) is 31.9 Å². The number of rotatable bonds is 4. The van der Waals surface area contributed by atoms with E-state index in [4.69, 9.17) is 4.52 Å². The zero-order valence-electron chi connectivity index (χ0n) is 16.3. The highest BCUT2D eigenvalue weighted by Crippen LogP contribution is 2.31. The Balaban J connectivity index is 1.78. The highest BCUT2D eigenvalue weighted by Gasteiger charge is 2.34. The number of pyridine rings is 1. The predicted molar refractivity (Wildman–Crippen MR) is 98.3 cm³/mol. The summed E-state index contributed by atoms with van der Waals surface area (Å²) in [6.45, 7) is 4.26. The van der Waals surface area contributed by atoms with Gasteiger partial charge in [0.25, 0.3) is 0 Å². The number of amides is 2. The van der Waals surface area contributed by atoms with Crippen LogP contribution in [0.1, 0.15) is 31.5 Å². The van der Waals surface area contributed by atoms with E-state index in [2.05, 4.69) is 10.1 Å². The molecule has 2 aromatic rings.